The van der Waals surface area contributed by atoms with Crippen molar-refractivity contribution in [2.24, 2.45) is 7.05 Å². The molecule has 1 aromatic carbocycles. The molecule has 0 saturated heterocycles. The molecule has 1 aromatic heterocycles. The summed E-state index contributed by atoms with van der Waals surface area (Å²) in [6.07, 6.45) is 1.99. The predicted octanol–water partition coefficient (Wildman–Crippen LogP) is 3.42. The number of aromatic nitrogens is 1. The molecule has 0 bridgehead atoms. The van der Waals surface area contributed by atoms with Crippen LogP contribution in [0.3, 0.4) is 0 Å². The molecule has 0 fully saturated rings. The Morgan fingerprint density at radius 1 is 1.07 bits per heavy atom. The van der Waals surface area contributed by atoms with Gasteiger partial charge in [0.05, 0.1) is 0 Å². The summed E-state index contributed by atoms with van der Waals surface area (Å²) in [5.41, 5.74) is 2.35. The third kappa shape index (κ3) is 1.75. The van der Waals surface area contributed by atoms with E-state index in [1.807, 2.05) is 43.6 Å². The van der Waals surface area contributed by atoms with Crippen molar-refractivity contribution in [3.8, 4) is 11.3 Å². The molecule has 2 aromatic rings. The number of rotatable bonds is 1. The summed E-state index contributed by atoms with van der Waals surface area (Å²) in [6, 6.07) is 14.2. The van der Waals surface area contributed by atoms with Gasteiger partial charge in [0.2, 0.25) is 0 Å². The van der Waals surface area contributed by atoms with Crippen LogP contribution in [0.1, 0.15) is 0 Å². The van der Waals surface area contributed by atoms with Crippen LogP contribution in [0.4, 0.5) is 0 Å². The third-order valence-electron chi connectivity index (χ3n) is 2.19. The summed E-state index contributed by atoms with van der Waals surface area (Å²) >= 11 is 5.15. The van der Waals surface area contributed by atoms with E-state index in [9.17, 15) is 0 Å². The Hall–Kier alpha value is -1.41. The molecule has 0 aliphatic heterocycles. The van der Waals surface area contributed by atoms with E-state index in [1.54, 1.807) is 0 Å². The van der Waals surface area contributed by atoms with Gasteiger partial charge in [-0.15, -0.1) is 0 Å². The SMILES string of the molecule is Cn1ccc(=S)cc1-c1ccccc1. The zero-order valence-corrected chi connectivity index (χ0v) is 8.79. The van der Waals surface area contributed by atoms with Crippen molar-refractivity contribution >= 4 is 12.2 Å². The Morgan fingerprint density at radius 2 is 1.79 bits per heavy atom. The van der Waals surface area contributed by atoms with E-state index in [-0.39, 0.29) is 0 Å². The van der Waals surface area contributed by atoms with Gasteiger partial charge in [-0.1, -0.05) is 42.5 Å². The standard InChI is InChI=1S/C12H11NS/c1-13-8-7-11(14)9-12(13)10-5-3-2-4-6-10/h2-9H,1H3. The lowest BCUT2D eigenvalue weighted by molar-refractivity contribution is 0.913. The van der Waals surface area contributed by atoms with Crippen molar-refractivity contribution < 1.29 is 0 Å². The van der Waals surface area contributed by atoms with Gasteiger partial charge >= 0.3 is 0 Å². The van der Waals surface area contributed by atoms with E-state index in [2.05, 4.69) is 16.7 Å². The van der Waals surface area contributed by atoms with Gasteiger partial charge in [-0.25, -0.2) is 0 Å². The first-order valence-corrected chi connectivity index (χ1v) is 4.90. The predicted molar refractivity (Wildman–Crippen MR) is 61.7 cm³/mol. The van der Waals surface area contributed by atoms with E-state index < -0.39 is 0 Å². The van der Waals surface area contributed by atoms with Gasteiger partial charge in [0.25, 0.3) is 0 Å². The van der Waals surface area contributed by atoms with Crippen molar-refractivity contribution in [3.05, 3.63) is 53.2 Å². The summed E-state index contributed by atoms with van der Waals surface area (Å²) in [7, 11) is 2.02. The smallest absolute Gasteiger partial charge is 0.0491 e. The number of hydrogen-bond acceptors (Lipinski definition) is 1. The molecule has 0 amide bonds. The Labute approximate surface area is 88.6 Å². The maximum atomic E-state index is 5.15. The number of benzene rings is 1. The molecule has 0 radical (unpaired) electrons. The van der Waals surface area contributed by atoms with Crippen LogP contribution in [0, 0.1) is 4.51 Å². The zero-order chi connectivity index (χ0) is 9.97. The van der Waals surface area contributed by atoms with Gasteiger partial charge in [0.1, 0.15) is 0 Å². The first-order chi connectivity index (χ1) is 6.77. The topological polar surface area (TPSA) is 4.93 Å². The van der Waals surface area contributed by atoms with Crippen LogP contribution in [-0.4, -0.2) is 4.57 Å². The first-order valence-electron chi connectivity index (χ1n) is 4.49. The fourth-order valence-corrected chi connectivity index (χ4v) is 1.62. The first kappa shape index (κ1) is 9.16. The molecule has 0 N–H and O–H groups in total. The van der Waals surface area contributed by atoms with E-state index >= 15 is 0 Å². The van der Waals surface area contributed by atoms with Gasteiger partial charge in [-0.3, -0.25) is 0 Å². The van der Waals surface area contributed by atoms with Gasteiger partial charge in [-0.05, 0) is 17.7 Å². The van der Waals surface area contributed by atoms with Crippen LogP contribution < -0.4 is 0 Å². The van der Waals surface area contributed by atoms with Crippen LogP contribution in [0.2, 0.25) is 0 Å². The average Bonchev–Trinajstić information content (AvgIpc) is 2.23. The molecule has 0 saturated carbocycles. The van der Waals surface area contributed by atoms with Crippen LogP contribution in [0.25, 0.3) is 11.3 Å². The van der Waals surface area contributed by atoms with Gasteiger partial charge in [0.15, 0.2) is 0 Å². The normalized spacial score (nSPS) is 10.1. The fraction of sp³-hybridized carbons (Fsp3) is 0.0833. The highest BCUT2D eigenvalue weighted by Crippen LogP contribution is 2.17. The molecular weight excluding hydrogens is 190 g/mol. The van der Waals surface area contributed by atoms with Gasteiger partial charge < -0.3 is 4.57 Å². The fourth-order valence-electron chi connectivity index (χ4n) is 1.45. The minimum Gasteiger partial charge on any atom is -0.350 e. The van der Waals surface area contributed by atoms with E-state index in [1.165, 1.54) is 5.56 Å². The van der Waals surface area contributed by atoms with Gasteiger partial charge in [-0.2, -0.15) is 0 Å². The van der Waals surface area contributed by atoms with Crippen molar-refractivity contribution in [1.82, 2.24) is 4.57 Å². The molecule has 14 heavy (non-hydrogen) atoms. The van der Waals surface area contributed by atoms with Crippen molar-refractivity contribution in [3.63, 3.8) is 0 Å². The molecule has 70 valence electrons. The number of pyridine rings is 1. The summed E-state index contributed by atoms with van der Waals surface area (Å²) in [6.45, 7) is 0. The maximum Gasteiger partial charge on any atom is 0.0491 e. The second kappa shape index (κ2) is 3.76. The number of aryl methyl sites for hydroxylation is 1. The maximum absolute atomic E-state index is 5.15. The van der Waals surface area contributed by atoms with Crippen LogP contribution >= 0.6 is 12.2 Å². The molecule has 1 nitrogen and oxygen atoms in total. The molecule has 0 atom stereocenters. The van der Waals surface area contributed by atoms with Crippen LogP contribution in [0.15, 0.2) is 48.7 Å². The van der Waals surface area contributed by atoms with Crippen LogP contribution in [-0.2, 0) is 7.05 Å². The number of hydrogen-bond donors (Lipinski definition) is 0. The monoisotopic (exact) mass is 201 g/mol. The molecule has 2 heteroatoms. The Kier molecular flexibility index (Phi) is 2.46. The third-order valence-corrected chi connectivity index (χ3v) is 2.44. The molecular formula is C12H11NS. The van der Waals surface area contributed by atoms with Gasteiger partial charge in [0, 0.05) is 23.4 Å². The number of nitrogens with zero attached hydrogens (tertiary/aromatic N) is 1. The summed E-state index contributed by atoms with van der Waals surface area (Å²) in [5, 5.41) is 0. The highest BCUT2D eigenvalue weighted by Gasteiger charge is 1.98. The molecule has 0 unspecified atom stereocenters. The van der Waals surface area contributed by atoms with Crippen LogP contribution in [0.5, 0.6) is 0 Å². The largest absolute Gasteiger partial charge is 0.350 e. The Morgan fingerprint density at radius 3 is 2.50 bits per heavy atom. The molecule has 0 spiro atoms. The van der Waals surface area contributed by atoms with E-state index in [0.29, 0.717) is 0 Å². The molecule has 2 rings (SSSR count). The molecule has 0 aliphatic rings. The van der Waals surface area contributed by atoms with Crippen molar-refractivity contribution in [2.75, 3.05) is 0 Å². The lowest BCUT2D eigenvalue weighted by Gasteiger charge is -2.07. The Bertz CT molecular complexity index is 485. The summed E-state index contributed by atoms with van der Waals surface area (Å²) < 4.78 is 2.95. The zero-order valence-electron chi connectivity index (χ0n) is 7.97. The van der Waals surface area contributed by atoms with E-state index in [0.717, 1.165) is 10.2 Å². The second-order valence-electron chi connectivity index (χ2n) is 3.22. The second-order valence-corrected chi connectivity index (χ2v) is 3.70. The molecule has 1 heterocycles. The van der Waals surface area contributed by atoms with Crippen molar-refractivity contribution in [1.29, 1.82) is 0 Å². The highest BCUT2D eigenvalue weighted by molar-refractivity contribution is 7.71. The quantitative estimate of drug-likeness (QED) is 0.640. The lowest BCUT2D eigenvalue weighted by atomic mass is 10.1. The highest BCUT2D eigenvalue weighted by atomic mass is 32.1. The molecule has 0 aliphatic carbocycles. The Balaban J connectivity index is 2.62. The minimum atomic E-state index is 0.877. The van der Waals surface area contributed by atoms with Crippen molar-refractivity contribution in [2.45, 2.75) is 0 Å². The summed E-state index contributed by atoms with van der Waals surface area (Å²) in [4.78, 5) is 0. The summed E-state index contributed by atoms with van der Waals surface area (Å²) in [5.74, 6) is 0. The average molecular weight is 201 g/mol. The van der Waals surface area contributed by atoms with E-state index in [4.69, 9.17) is 12.2 Å². The minimum absolute atomic E-state index is 0.877. The lowest BCUT2D eigenvalue weighted by Crippen LogP contribution is -1.94.